The Morgan fingerprint density at radius 2 is 1.94 bits per heavy atom. The SMILES string of the molecule is CC(C)Oc1ccc(S(=O)(=O)N2CCOCC2)cc1NC(=O)CCc1c[nH]c2ccccc12. The molecular formula is C24H29N3O5S. The Hall–Kier alpha value is -2.88. The number of H-pyrrole nitrogens is 1. The molecule has 2 heterocycles. The van der Waals surface area contributed by atoms with E-state index < -0.39 is 10.0 Å². The topological polar surface area (TPSA) is 101 Å². The number of carbonyl (C=O) groups is 1. The molecule has 1 aliphatic heterocycles. The number of aromatic amines is 1. The number of benzene rings is 2. The molecule has 0 bridgehead atoms. The van der Waals surface area contributed by atoms with Crippen LogP contribution in [0.1, 0.15) is 25.8 Å². The molecular weight excluding hydrogens is 442 g/mol. The van der Waals surface area contributed by atoms with Gasteiger partial charge in [-0.1, -0.05) is 18.2 Å². The highest BCUT2D eigenvalue weighted by Gasteiger charge is 2.27. The normalized spacial score (nSPS) is 15.1. The van der Waals surface area contributed by atoms with Gasteiger partial charge >= 0.3 is 0 Å². The minimum absolute atomic E-state index is 0.118. The number of fused-ring (bicyclic) bond motifs is 1. The molecule has 2 aromatic carbocycles. The third-order valence-corrected chi connectivity index (χ3v) is 7.39. The van der Waals surface area contributed by atoms with Gasteiger partial charge in [-0.15, -0.1) is 0 Å². The molecule has 1 fully saturated rings. The first-order valence-corrected chi connectivity index (χ1v) is 12.5. The summed E-state index contributed by atoms with van der Waals surface area (Å²) in [6, 6.07) is 12.5. The van der Waals surface area contributed by atoms with Crippen LogP contribution in [0.4, 0.5) is 5.69 Å². The molecule has 1 aliphatic rings. The second-order valence-corrected chi connectivity index (χ2v) is 10.2. The Kier molecular flexibility index (Phi) is 7.02. The zero-order valence-electron chi connectivity index (χ0n) is 18.8. The highest BCUT2D eigenvalue weighted by atomic mass is 32.2. The number of nitrogens with one attached hydrogen (secondary N) is 2. The van der Waals surface area contributed by atoms with Gasteiger partial charge in [0.15, 0.2) is 0 Å². The van der Waals surface area contributed by atoms with Crippen LogP contribution >= 0.6 is 0 Å². The van der Waals surface area contributed by atoms with Crippen molar-refractivity contribution in [2.24, 2.45) is 0 Å². The number of anilines is 1. The van der Waals surface area contributed by atoms with Crippen LogP contribution < -0.4 is 10.1 Å². The first kappa shape index (κ1) is 23.3. The van der Waals surface area contributed by atoms with E-state index in [9.17, 15) is 13.2 Å². The van der Waals surface area contributed by atoms with Crippen molar-refractivity contribution in [2.75, 3.05) is 31.6 Å². The maximum Gasteiger partial charge on any atom is 0.243 e. The molecule has 1 amide bonds. The number of nitrogens with zero attached hydrogens (tertiary/aromatic N) is 1. The molecule has 33 heavy (non-hydrogen) atoms. The quantitative estimate of drug-likeness (QED) is 0.523. The summed E-state index contributed by atoms with van der Waals surface area (Å²) >= 11 is 0. The Morgan fingerprint density at radius 3 is 2.70 bits per heavy atom. The summed E-state index contributed by atoms with van der Waals surface area (Å²) in [5.41, 5.74) is 2.44. The Balaban J connectivity index is 1.52. The van der Waals surface area contributed by atoms with E-state index in [4.69, 9.17) is 9.47 Å². The zero-order valence-corrected chi connectivity index (χ0v) is 19.7. The van der Waals surface area contributed by atoms with Crippen molar-refractivity contribution in [3.8, 4) is 5.75 Å². The van der Waals surface area contributed by atoms with Crippen molar-refractivity contribution in [3.05, 3.63) is 54.2 Å². The number of hydrogen-bond donors (Lipinski definition) is 2. The van der Waals surface area contributed by atoms with E-state index in [1.165, 1.54) is 16.4 Å². The van der Waals surface area contributed by atoms with Crippen molar-refractivity contribution in [1.82, 2.24) is 9.29 Å². The summed E-state index contributed by atoms with van der Waals surface area (Å²) in [6.45, 7) is 5.09. The highest BCUT2D eigenvalue weighted by molar-refractivity contribution is 7.89. The number of hydrogen-bond acceptors (Lipinski definition) is 5. The lowest BCUT2D eigenvalue weighted by molar-refractivity contribution is -0.116. The van der Waals surface area contributed by atoms with Crippen LogP contribution in [0.15, 0.2) is 53.6 Å². The average molecular weight is 472 g/mol. The molecule has 0 radical (unpaired) electrons. The fourth-order valence-corrected chi connectivity index (χ4v) is 5.29. The second-order valence-electron chi connectivity index (χ2n) is 8.25. The van der Waals surface area contributed by atoms with Gasteiger partial charge in [-0.05, 0) is 50.1 Å². The molecule has 0 aliphatic carbocycles. The number of rotatable bonds is 8. The molecule has 176 valence electrons. The second kappa shape index (κ2) is 9.94. The van der Waals surface area contributed by atoms with E-state index in [0.29, 0.717) is 44.2 Å². The zero-order chi connectivity index (χ0) is 23.4. The summed E-state index contributed by atoms with van der Waals surface area (Å²) in [6.07, 6.45) is 2.60. The number of carbonyl (C=O) groups excluding carboxylic acids is 1. The summed E-state index contributed by atoms with van der Waals surface area (Å²) in [5.74, 6) is 0.223. The number of amides is 1. The van der Waals surface area contributed by atoms with E-state index in [0.717, 1.165) is 16.5 Å². The van der Waals surface area contributed by atoms with Crippen molar-refractivity contribution < 1.29 is 22.7 Å². The maximum absolute atomic E-state index is 13.1. The lowest BCUT2D eigenvalue weighted by Crippen LogP contribution is -2.40. The van der Waals surface area contributed by atoms with Gasteiger partial charge < -0.3 is 19.8 Å². The molecule has 0 spiro atoms. The number of aromatic nitrogens is 1. The molecule has 1 aromatic heterocycles. The smallest absolute Gasteiger partial charge is 0.243 e. The molecule has 0 unspecified atom stereocenters. The minimum Gasteiger partial charge on any atom is -0.489 e. The van der Waals surface area contributed by atoms with Crippen LogP contribution in [0.5, 0.6) is 5.75 Å². The van der Waals surface area contributed by atoms with Crippen LogP contribution in [0.25, 0.3) is 10.9 Å². The van der Waals surface area contributed by atoms with Gasteiger partial charge in [-0.2, -0.15) is 4.31 Å². The van der Waals surface area contributed by atoms with E-state index in [-0.39, 0.29) is 23.3 Å². The number of morpholine rings is 1. The Labute approximate surface area is 193 Å². The van der Waals surface area contributed by atoms with Crippen LogP contribution in [-0.4, -0.2) is 56.0 Å². The van der Waals surface area contributed by atoms with Gasteiger partial charge in [0.25, 0.3) is 0 Å². The molecule has 0 atom stereocenters. The van der Waals surface area contributed by atoms with Crippen LogP contribution in [0.3, 0.4) is 0 Å². The van der Waals surface area contributed by atoms with Crippen molar-refractivity contribution in [3.63, 3.8) is 0 Å². The van der Waals surface area contributed by atoms with E-state index in [2.05, 4.69) is 10.3 Å². The number of sulfonamides is 1. The van der Waals surface area contributed by atoms with Crippen LogP contribution in [-0.2, 0) is 26.0 Å². The number of ether oxygens (including phenoxy) is 2. The van der Waals surface area contributed by atoms with Gasteiger partial charge in [0.1, 0.15) is 5.75 Å². The Morgan fingerprint density at radius 1 is 1.18 bits per heavy atom. The van der Waals surface area contributed by atoms with Gasteiger partial charge in [0.2, 0.25) is 15.9 Å². The first-order chi connectivity index (χ1) is 15.8. The molecule has 4 rings (SSSR count). The van der Waals surface area contributed by atoms with Gasteiger partial charge in [-0.3, -0.25) is 4.79 Å². The van der Waals surface area contributed by atoms with E-state index in [1.807, 2.05) is 44.3 Å². The molecule has 9 heteroatoms. The predicted octanol–water partition coefficient (Wildman–Crippen LogP) is 3.55. The standard InChI is InChI=1S/C24H29N3O5S/c1-17(2)32-23-9-8-19(33(29,30)27-11-13-31-14-12-27)15-22(23)26-24(28)10-7-18-16-25-21-6-4-3-5-20(18)21/h3-6,8-9,15-17,25H,7,10-14H2,1-2H3,(H,26,28). The third kappa shape index (κ3) is 5.38. The lowest BCUT2D eigenvalue weighted by atomic mass is 10.1. The summed E-state index contributed by atoms with van der Waals surface area (Å²) in [4.78, 5) is 16.1. The molecule has 1 saturated heterocycles. The third-order valence-electron chi connectivity index (χ3n) is 5.49. The fraction of sp³-hybridized carbons (Fsp3) is 0.375. The maximum atomic E-state index is 13.1. The largest absolute Gasteiger partial charge is 0.489 e. The van der Waals surface area contributed by atoms with Crippen LogP contribution in [0.2, 0.25) is 0 Å². The molecule has 3 aromatic rings. The van der Waals surface area contributed by atoms with Crippen LogP contribution in [0, 0.1) is 0 Å². The summed E-state index contributed by atoms with van der Waals surface area (Å²) in [7, 11) is -3.70. The van der Waals surface area contributed by atoms with E-state index in [1.54, 1.807) is 6.07 Å². The highest BCUT2D eigenvalue weighted by Crippen LogP contribution is 2.30. The summed E-state index contributed by atoms with van der Waals surface area (Å²) in [5, 5.41) is 3.95. The van der Waals surface area contributed by atoms with Gasteiger partial charge in [0.05, 0.1) is 29.9 Å². The lowest BCUT2D eigenvalue weighted by Gasteiger charge is -2.26. The van der Waals surface area contributed by atoms with E-state index >= 15 is 0 Å². The Bertz CT molecular complexity index is 1230. The molecule has 2 N–H and O–H groups in total. The van der Waals surface area contributed by atoms with Crippen molar-refractivity contribution in [2.45, 2.75) is 37.7 Å². The van der Waals surface area contributed by atoms with Gasteiger partial charge in [0, 0.05) is 36.6 Å². The minimum atomic E-state index is -3.70. The molecule has 0 saturated carbocycles. The van der Waals surface area contributed by atoms with Crippen molar-refractivity contribution in [1.29, 1.82) is 0 Å². The van der Waals surface area contributed by atoms with Crippen molar-refractivity contribution >= 4 is 32.5 Å². The predicted molar refractivity (Wildman–Crippen MR) is 127 cm³/mol. The monoisotopic (exact) mass is 471 g/mol. The number of para-hydroxylation sites is 1. The summed E-state index contributed by atoms with van der Waals surface area (Å²) < 4.78 is 38.6. The number of aryl methyl sites for hydroxylation is 1. The molecule has 8 nitrogen and oxygen atoms in total. The first-order valence-electron chi connectivity index (χ1n) is 11.1. The van der Waals surface area contributed by atoms with Gasteiger partial charge in [-0.25, -0.2) is 8.42 Å². The average Bonchev–Trinajstić information content (AvgIpc) is 3.22. The fourth-order valence-electron chi connectivity index (χ4n) is 3.86.